The van der Waals surface area contributed by atoms with Gasteiger partial charge in [-0.2, -0.15) is 5.10 Å². The van der Waals surface area contributed by atoms with E-state index in [4.69, 9.17) is 0 Å². The Bertz CT molecular complexity index is 679. The molecule has 0 spiro atoms. The molecular weight excluding hydrogens is 296 g/mol. The molecule has 0 amide bonds. The van der Waals surface area contributed by atoms with E-state index >= 15 is 0 Å². The van der Waals surface area contributed by atoms with Crippen molar-refractivity contribution in [1.29, 1.82) is 0 Å². The highest BCUT2D eigenvalue weighted by atomic mass is 28.3. The van der Waals surface area contributed by atoms with Crippen molar-refractivity contribution in [2.45, 2.75) is 71.1 Å². The summed E-state index contributed by atoms with van der Waals surface area (Å²) < 4.78 is 2.08. The fraction of sp³-hybridized carbons (Fsp3) is 0.550. The Kier molecular flexibility index (Phi) is 5.70. The van der Waals surface area contributed by atoms with Crippen molar-refractivity contribution in [2.75, 3.05) is 0 Å². The molecule has 0 fully saturated rings. The zero-order chi connectivity index (χ0) is 17.0. The van der Waals surface area contributed by atoms with Gasteiger partial charge in [0.05, 0.1) is 18.3 Å². The van der Waals surface area contributed by atoms with Crippen molar-refractivity contribution in [2.24, 2.45) is 0 Å². The summed E-state index contributed by atoms with van der Waals surface area (Å²) in [7, 11) is -1.59. The molecule has 1 heterocycles. The molecule has 2 rings (SSSR count). The molecule has 23 heavy (non-hydrogen) atoms. The molecule has 0 N–H and O–H groups in total. The fourth-order valence-electron chi connectivity index (χ4n) is 4.01. The number of aryl methyl sites for hydroxylation is 1. The number of benzene rings is 1. The molecule has 0 saturated heterocycles. The van der Waals surface area contributed by atoms with Gasteiger partial charge in [0, 0.05) is 11.8 Å². The first-order valence-electron chi connectivity index (χ1n) is 8.80. The SMILES string of the molecule is CC(C)[Si](C#CCCn1ncc2ccccc21)(C(C)C)C(C)C. The van der Waals surface area contributed by atoms with E-state index in [1.54, 1.807) is 0 Å². The Morgan fingerprint density at radius 3 is 2.22 bits per heavy atom. The minimum atomic E-state index is -1.59. The molecule has 1 aromatic heterocycles. The van der Waals surface area contributed by atoms with E-state index in [1.165, 1.54) is 10.9 Å². The van der Waals surface area contributed by atoms with Crippen LogP contribution in [0, 0.1) is 11.5 Å². The van der Waals surface area contributed by atoms with Gasteiger partial charge in [0.2, 0.25) is 0 Å². The molecule has 2 nitrogen and oxygen atoms in total. The third kappa shape index (κ3) is 3.53. The second-order valence-corrected chi connectivity index (χ2v) is 13.0. The number of aromatic nitrogens is 2. The molecular formula is C20H30N2Si. The maximum atomic E-state index is 4.49. The second-order valence-electron chi connectivity index (χ2n) is 7.38. The number of rotatable bonds is 5. The molecule has 2 aromatic rings. The average Bonchev–Trinajstić information content (AvgIpc) is 2.89. The van der Waals surface area contributed by atoms with Crippen LogP contribution in [-0.2, 0) is 6.54 Å². The molecule has 1 aromatic carbocycles. The zero-order valence-corrected chi connectivity index (χ0v) is 16.4. The van der Waals surface area contributed by atoms with Gasteiger partial charge in [-0.3, -0.25) is 4.68 Å². The van der Waals surface area contributed by atoms with E-state index in [0.717, 1.165) is 13.0 Å². The summed E-state index contributed by atoms with van der Waals surface area (Å²) in [5.41, 5.74) is 7.08. The van der Waals surface area contributed by atoms with Gasteiger partial charge in [-0.05, 0) is 22.7 Å². The van der Waals surface area contributed by atoms with E-state index < -0.39 is 8.07 Å². The predicted molar refractivity (Wildman–Crippen MR) is 103 cm³/mol. The van der Waals surface area contributed by atoms with Crippen molar-refractivity contribution in [3.8, 4) is 11.5 Å². The summed E-state index contributed by atoms with van der Waals surface area (Å²) in [6.07, 6.45) is 2.82. The van der Waals surface area contributed by atoms with E-state index in [-0.39, 0.29) is 0 Å². The van der Waals surface area contributed by atoms with Crippen LogP contribution < -0.4 is 0 Å². The van der Waals surface area contributed by atoms with Gasteiger partial charge >= 0.3 is 0 Å². The molecule has 124 valence electrons. The molecule has 0 aliphatic rings. The highest BCUT2D eigenvalue weighted by molar-refractivity contribution is 6.90. The van der Waals surface area contributed by atoms with Crippen LogP contribution in [0.1, 0.15) is 48.0 Å². The van der Waals surface area contributed by atoms with E-state index in [1.807, 2.05) is 6.20 Å². The smallest absolute Gasteiger partial charge is 0.145 e. The average molecular weight is 327 g/mol. The van der Waals surface area contributed by atoms with Crippen LogP contribution in [0.2, 0.25) is 16.6 Å². The van der Waals surface area contributed by atoms with E-state index in [0.29, 0.717) is 16.6 Å². The fourth-order valence-corrected chi connectivity index (χ4v) is 9.31. The standard InChI is InChI=1S/C20H30N2Si/c1-16(2)23(17(3)4,18(5)6)14-10-9-13-22-20-12-8-7-11-19(20)15-21-22/h7-8,11-12,15-18H,9,13H2,1-6H3. The summed E-state index contributed by atoms with van der Waals surface area (Å²) in [4.78, 5) is 0. The maximum absolute atomic E-state index is 4.49. The third-order valence-corrected chi connectivity index (χ3v) is 11.5. The lowest BCUT2D eigenvalue weighted by molar-refractivity contribution is 0.652. The monoisotopic (exact) mass is 326 g/mol. The first kappa shape index (κ1) is 17.8. The Morgan fingerprint density at radius 1 is 1.00 bits per heavy atom. The number of hydrogen-bond donors (Lipinski definition) is 0. The topological polar surface area (TPSA) is 17.8 Å². The Hall–Kier alpha value is -1.53. The van der Waals surface area contributed by atoms with Gasteiger partial charge in [0.25, 0.3) is 0 Å². The van der Waals surface area contributed by atoms with Gasteiger partial charge in [0.15, 0.2) is 0 Å². The van der Waals surface area contributed by atoms with Crippen LogP contribution in [0.3, 0.4) is 0 Å². The van der Waals surface area contributed by atoms with Gasteiger partial charge in [-0.25, -0.2) is 0 Å². The van der Waals surface area contributed by atoms with Crippen molar-refractivity contribution < 1.29 is 0 Å². The molecule has 0 unspecified atom stereocenters. The van der Waals surface area contributed by atoms with Crippen molar-refractivity contribution >= 4 is 19.0 Å². The first-order valence-corrected chi connectivity index (χ1v) is 11.0. The minimum absolute atomic E-state index is 0.695. The Labute approximate surface area is 142 Å². The Morgan fingerprint density at radius 2 is 1.61 bits per heavy atom. The van der Waals surface area contributed by atoms with Gasteiger partial charge < -0.3 is 0 Å². The highest BCUT2D eigenvalue weighted by Gasteiger charge is 2.41. The van der Waals surface area contributed by atoms with Crippen LogP contribution in [0.4, 0.5) is 0 Å². The lowest BCUT2D eigenvalue weighted by Crippen LogP contribution is -2.43. The first-order chi connectivity index (χ1) is 10.9. The lowest BCUT2D eigenvalue weighted by Gasteiger charge is -2.38. The van der Waals surface area contributed by atoms with Crippen LogP contribution >= 0.6 is 0 Å². The minimum Gasteiger partial charge on any atom is -0.264 e. The van der Waals surface area contributed by atoms with E-state index in [9.17, 15) is 0 Å². The number of fused-ring (bicyclic) bond motifs is 1. The quantitative estimate of drug-likeness (QED) is 0.513. The summed E-state index contributed by atoms with van der Waals surface area (Å²) in [6, 6.07) is 8.37. The van der Waals surface area contributed by atoms with Crippen molar-refractivity contribution in [1.82, 2.24) is 9.78 Å². The molecule has 0 radical (unpaired) electrons. The van der Waals surface area contributed by atoms with Gasteiger partial charge in [-0.1, -0.05) is 59.7 Å². The third-order valence-electron chi connectivity index (χ3n) is 5.17. The summed E-state index contributed by atoms with van der Waals surface area (Å²) in [6.45, 7) is 15.1. The maximum Gasteiger partial charge on any atom is 0.145 e. The molecule has 0 atom stereocenters. The van der Waals surface area contributed by atoms with Crippen LogP contribution in [-0.4, -0.2) is 17.9 Å². The molecule has 3 heteroatoms. The van der Waals surface area contributed by atoms with Gasteiger partial charge in [0.1, 0.15) is 8.07 Å². The highest BCUT2D eigenvalue weighted by Crippen LogP contribution is 2.40. The molecule has 0 aliphatic heterocycles. The van der Waals surface area contributed by atoms with Crippen molar-refractivity contribution in [3.05, 3.63) is 30.5 Å². The number of nitrogens with zero attached hydrogens (tertiary/aromatic N) is 2. The lowest BCUT2D eigenvalue weighted by atomic mass is 10.2. The predicted octanol–water partition coefficient (Wildman–Crippen LogP) is 5.65. The summed E-state index contributed by atoms with van der Waals surface area (Å²) >= 11 is 0. The van der Waals surface area contributed by atoms with Crippen LogP contribution in [0.25, 0.3) is 10.9 Å². The normalized spacial score (nSPS) is 12.2. The summed E-state index contributed by atoms with van der Waals surface area (Å²) in [5.74, 6) is 3.52. The summed E-state index contributed by atoms with van der Waals surface area (Å²) in [5, 5.41) is 5.70. The number of para-hydroxylation sites is 1. The second kappa shape index (κ2) is 7.36. The number of hydrogen-bond acceptors (Lipinski definition) is 1. The van der Waals surface area contributed by atoms with Crippen molar-refractivity contribution in [3.63, 3.8) is 0 Å². The van der Waals surface area contributed by atoms with Crippen LogP contribution in [0.5, 0.6) is 0 Å². The van der Waals surface area contributed by atoms with Crippen LogP contribution in [0.15, 0.2) is 30.5 Å². The molecule has 0 saturated carbocycles. The molecule has 0 bridgehead atoms. The van der Waals surface area contributed by atoms with E-state index in [2.05, 4.69) is 87.1 Å². The molecule has 0 aliphatic carbocycles. The zero-order valence-electron chi connectivity index (χ0n) is 15.4. The Balaban J connectivity index is 2.15. The van der Waals surface area contributed by atoms with Gasteiger partial charge in [-0.15, -0.1) is 11.5 Å². The largest absolute Gasteiger partial charge is 0.264 e.